The van der Waals surface area contributed by atoms with Gasteiger partial charge in [0.1, 0.15) is 17.0 Å². The Morgan fingerprint density at radius 1 is 1.47 bits per heavy atom. The lowest BCUT2D eigenvalue weighted by Gasteiger charge is -2.26. The summed E-state index contributed by atoms with van der Waals surface area (Å²) in [4.78, 5) is 13.0. The van der Waals surface area contributed by atoms with Crippen molar-refractivity contribution in [3.63, 3.8) is 0 Å². The standard InChI is InChI=1S/C13H18N2O4/c1-8(10-6-9(16)2-3-11(10)17)15-5-4-13(14,7-15)12(18)19/h2-3,6,8,16-17H,4-5,7,14H2,1H3,(H,18,19). The van der Waals surface area contributed by atoms with Crippen LogP contribution in [0.1, 0.15) is 24.9 Å². The van der Waals surface area contributed by atoms with Crippen molar-refractivity contribution >= 4 is 5.97 Å². The summed E-state index contributed by atoms with van der Waals surface area (Å²) >= 11 is 0. The molecule has 0 saturated carbocycles. The van der Waals surface area contributed by atoms with Crippen LogP contribution < -0.4 is 5.73 Å². The second kappa shape index (κ2) is 4.71. The van der Waals surface area contributed by atoms with Gasteiger partial charge in [-0.05, 0) is 31.5 Å². The van der Waals surface area contributed by atoms with Gasteiger partial charge in [0.2, 0.25) is 0 Å². The molecule has 0 spiro atoms. The zero-order valence-corrected chi connectivity index (χ0v) is 10.7. The van der Waals surface area contributed by atoms with E-state index in [1.807, 2.05) is 11.8 Å². The molecule has 0 aliphatic carbocycles. The lowest BCUT2D eigenvalue weighted by atomic mass is 10.0. The first-order chi connectivity index (χ1) is 8.83. The van der Waals surface area contributed by atoms with Gasteiger partial charge in [-0.25, -0.2) is 0 Å². The van der Waals surface area contributed by atoms with Gasteiger partial charge in [-0.1, -0.05) is 0 Å². The Bertz CT molecular complexity index is 505. The van der Waals surface area contributed by atoms with E-state index in [-0.39, 0.29) is 24.1 Å². The minimum atomic E-state index is -1.24. The highest BCUT2D eigenvalue weighted by molar-refractivity contribution is 5.79. The number of carboxylic acid groups (broad SMARTS) is 1. The van der Waals surface area contributed by atoms with Crippen molar-refractivity contribution in [1.29, 1.82) is 0 Å². The second-order valence-corrected chi connectivity index (χ2v) is 5.10. The Balaban J connectivity index is 2.20. The lowest BCUT2D eigenvalue weighted by Crippen LogP contribution is -2.50. The number of hydrogen-bond donors (Lipinski definition) is 4. The summed E-state index contributed by atoms with van der Waals surface area (Å²) in [5, 5.41) is 28.4. The van der Waals surface area contributed by atoms with Crippen molar-refractivity contribution in [3.8, 4) is 11.5 Å². The van der Waals surface area contributed by atoms with E-state index in [1.165, 1.54) is 18.2 Å². The molecule has 0 amide bonds. The normalized spacial score (nSPS) is 25.4. The molecule has 1 aromatic carbocycles. The maximum atomic E-state index is 11.1. The summed E-state index contributed by atoms with van der Waals surface area (Å²) in [6.07, 6.45) is 0.367. The topological polar surface area (TPSA) is 107 Å². The molecule has 2 unspecified atom stereocenters. The SMILES string of the molecule is CC(c1cc(O)ccc1O)N1CCC(N)(C(=O)O)C1. The molecular formula is C13H18N2O4. The van der Waals surface area contributed by atoms with Crippen molar-refractivity contribution in [2.24, 2.45) is 5.73 Å². The molecule has 19 heavy (non-hydrogen) atoms. The van der Waals surface area contributed by atoms with Gasteiger partial charge in [0.25, 0.3) is 0 Å². The Morgan fingerprint density at radius 3 is 2.74 bits per heavy atom. The number of aromatic hydroxyl groups is 2. The Hall–Kier alpha value is -1.79. The minimum Gasteiger partial charge on any atom is -0.508 e. The molecule has 0 radical (unpaired) electrons. The maximum Gasteiger partial charge on any atom is 0.325 e. The van der Waals surface area contributed by atoms with Crippen molar-refractivity contribution in [2.75, 3.05) is 13.1 Å². The number of rotatable bonds is 3. The number of carboxylic acids is 1. The van der Waals surface area contributed by atoms with Gasteiger partial charge in [-0.15, -0.1) is 0 Å². The quantitative estimate of drug-likeness (QED) is 0.598. The molecule has 1 saturated heterocycles. The van der Waals surface area contributed by atoms with Crippen LogP contribution in [0.3, 0.4) is 0 Å². The summed E-state index contributed by atoms with van der Waals surface area (Å²) < 4.78 is 0. The number of likely N-dealkylation sites (tertiary alicyclic amines) is 1. The highest BCUT2D eigenvalue weighted by Gasteiger charge is 2.42. The van der Waals surface area contributed by atoms with Crippen LogP contribution in [-0.4, -0.2) is 44.8 Å². The van der Waals surface area contributed by atoms with E-state index in [9.17, 15) is 15.0 Å². The van der Waals surface area contributed by atoms with Crippen molar-refractivity contribution in [1.82, 2.24) is 4.90 Å². The average molecular weight is 266 g/mol. The Labute approximate surface area is 111 Å². The van der Waals surface area contributed by atoms with Gasteiger partial charge >= 0.3 is 5.97 Å². The lowest BCUT2D eigenvalue weighted by molar-refractivity contribution is -0.142. The summed E-state index contributed by atoms with van der Waals surface area (Å²) in [6.45, 7) is 2.61. The van der Waals surface area contributed by atoms with Crippen LogP contribution in [0.2, 0.25) is 0 Å². The van der Waals surface area contributed by atoms with Crippen LogP contribution in [0, 0.1) is 0 Å². The van der Waals surface area contributed by atoms with Gasteiger partial charge in [0, 0.05) is 24.7 Å². The highest BCUT2D eigenvalue weighted by Crippen LogP contribution is 2.34. The molecule has 6 heteroatoms. The van der Waals surface area contributed by atoms with Crippen molar-refractivity contribution < 1.29 is 20.1 Å². The average Bonchev–Trinajstić information content (AvgIpc) is 2.76. The predicted molar refractivity (Wildman–Crippen MR) is 68.9 cm³/mol. The molecule has 5 N–H and O–H groups in total. The first kappa shape index (κ1) is 13.6. The van der Waals surface area contributed by atoms with E-state index in [1.54, 1.807) is 0 Å². The van der Waals surface area contributed by atoms with Gasteiger partial charge in [0.05, 0.1) is 0 Å². The van der Waals surface area contributed by atoms with E-state index in [0.717, 1.165) is 0 Å². The largest absolute Gasteiger partial charge is 0.508 e. The number of hydrogen-bond acceptors (Lipinski definition) is 5. The zero-order valence-electron chi connectivity index (χ0n) is 10.7. The van der Waals surface area contributed by atoms with E-state index in [0.29, 0.717) is 18.5 Å². The molecule has 1 aliphatic heterocycles. The maximum absolute atomic E-state index is 11.1. The van der Waals surface area contributed by atoms with Crippen LogP contribution in [0.4, 0.5) is 0 Å². The summed E-state index contributed by atoms with van der Waals surface area (Å²) in [6, 6.07) is 4.10. The van der Waals surface area contributed by atoms with Gasteiger partial charge in [-0.3, -0.25) is 9.69 Å². The third kappa shape index (κ3) is 2.50. The molecule has 1 aromatic rings. The van der Waals surface area contributed by atoms with Crippen LogP contribution in [-0.2, 0) is 4.79 Å². The van der Waals surface area contributed by atoms with Gasteiger partial charge < -0.3 is 21.1 Å². The number of phenols is 2. The third-order valence-electron chi connectivity index (χ3n) is 3.77. The fraction of sp³-hybridized carbons (Fsp3) is 0.462. The first-order valence-electron chi connectivity index (χ1n) is 6.12. The number of phenolic OH excluding ortho intramolecular Hbond substituents is 2. The van der Waals surface area contributed by atoms with E-state index in [4.69, 9.17) is 10.8 Å². The predicted octanol–water partition coefficient (Wildman–Crippen LogP) is 0.647. The number of nitrogens with zero attached hydrogens (tertiary/aromatic N) is 1. The highest BCUT2D eigenvalue weighted by atomic mass is 16.4. The molecule has 1 heterocycles. The smallest absolute Gasteiger partial charge is 0.325 e. The first-order valence-corrected chi connectivity index (χ1v) is 6.12. The third-order valence-corrected chi connectivity index (χ3v) is 3.77. The van der Waals surface area contributed by atoms with Gasteiger partial charge in [0.15, 0.2) is 0 Å². The van der Waals surface area contributed by atoms with Crippen LogP contribution in [0.15, 0.2) is 18.2 Å². The summed E-state index contributed by atoms with van der Waals surface area (Å²) in [5.74, 6) is -0.867. The van der Waals surface area contributed by atoms with Crippen LogP contribution in [0.25, 0.3) is 0 Å². The summed E-state index contributed by atoms with van der Waals surface area (Å²) in [7, 11) is 0. The Kier molecular flexibility index (Phi) is 3.38. The van der Waals surface area contributed by atoms with Crippen molar-refractivity contribution in [2.45, 2.75) is 24.9 Å². The van der Waals surface area contributed by atoms with E-state index in [2.05, 4.69) is 0 Å². The molecule has 2 atom stereocenters. The number of benzene rings is 1. The Morgan fingerprint density at radius 2 is 2.16 bits per heavy atom. The van der Waals surface area contributed by atoms with E-state index >= 15 is 0 Å². The fourth-order valence-electron chi connectivity index (χ4n) is 2.44. The number of nitrogens with two attached hydrogens (primary N) is 1. The molecule has 6 nitrogen and oxygen atoms in total. The molecule has 2 rings (SSSR count). The van der Waals surface area contributed by atoms with Crippen molar-refractivity contribution in [3.05, 3.63) is 23.8 Å². The minimum absolute atomic E-state index is 0.0658. The molecule has 0 aromatic heterocycles. The molecule has 104 valence electrons. The number of carbonyl (C=O) groups is 1. The monoisotopic (exact) mass is 266 g/mol. The molecular weight excluding hydrogens is 248 g/mol. The van der Waals surface area contributed by atoms with Gasteiger partial charge in [-0.2, -0.15) is 0 Å². The molecule has 1 fully saturated rings. The molecule has 0 bridgehead atoms. The number of aliphatic carboxylic acids is 1. The fourth-order valence-corrected chi connectivity index (χ4v) is 2.44. The van der Waals surface area contributed by atoms with Crippen LogP contribution in [0.5, 0.6) is 11.5 Å². The van der Waals surface area contributed by atoms with Crippen LogP contribution >= 0.6 is 0 Å². The second-order valence-electron chi connectivity index (χ2n) is 5.10. The summed E-state index contributed by atoms with van der Waals surface area (Å²) in [5.41, 5.74) is 5.15. The zero-order chi connectivity index (χ0) is 14.2. The molecule has 1 aliphatic rings. The van der Waals surface area contributed by atoms with E-state index < -0.39 is 11.5 Å².